The lowest BCUT2D eigenvalue weighted by Gasteiger charge is -2.06. The molecule has 0 atom stereocenters. The molecule has 0 fully saturated rings. The van der Waals surface area contributed by atoms with Crippen LogP contribution in [0.2, 0.25) is 0 Å². The Bertz CT molecular complexity index is 849. The first-order valence-electron chi connectivity index (χ1n) is 7.07. The average molecular weight is 338 g/mol. The molecule has 0 aromatic carbocycles. The maximum atomic E-state index is 12.1. The van der Waals surface area contributed by atoms with E-state index in [1.165, 1.54) is 11.3 Å². The van der Waals surface area contributed by atoms with E-state index in [0.717, 1.165) is 16.3 Å². The highest BCUT2D eigenvalue weighted by Crippen LogP contribution is 2.25. The number of pyridine rings is 2. The molecule has 2 amide bonds. The Hall–Kier alpha value is -3.13. The Morgan fingerprint density at radius 1 is 1.12 bits per heavy atom. The molecule has 120 valence electrons. The summed E-state index contributed by atoms with van der Waals surface area (Å²) in [6, 6.07) is 8.65. The summed E-state index contributed by atoms with van der Waals surface area (Å²) in [5.74, 6) is 0.923. The number of hydrogen-bond donors (Lipinski definition) is 2. The fourth-order valence-electron chi connectivity index (χ4n) is 1.97. The molecule has 8 heteroatoms. The highest BCUT2D eigenvalue weighted by Gasteiger charge is 2.08. The van der Waals surface area contributed by atoms with Gasteiger partial charge in [0.05, 0.1) is 12.2 Å². The number of carbonyl (C=O) groups excluding carboxylic acids is 1. The molecule has 0 aliphatic carbocycles. The van der Waals surface area contributed by atoms with Crippen molar-refractivity contribution in [1.29, 1.82) is 0 Å². The highest BCUT2D eigenvalue weighted by molar-refractivity contribution is 7.13. The lowest BCUT2D eigenvalue weighted by molar-refractivity contribution is 0.262. The first kappa shape index (κ1) is 15.8. The summed E-state index contributed by atoms with van der Waals surface area (Å²) < 4.78 is 0. The number of amides is 2. The zero-order chi connectivity index (χ0) is 16.8. The minimum atomic E-state index is -0.405. The second kappa shape index (κ2) is 7.42. The zero-order valence-corrected chi connectivity index (χ0v) is 13.5. The van der Waals surface area contributed by atoms with Crippen LogP contribution in [0.15, 0.2) is 53.1 Å². The van der Waals surface area contributed by atoms with Gasteiger partial charge in [0.25, 0.3) is 0 Å². The van der Waals surface area contributed by atoms with Crippen LogP contribution >= 0.6 is 11.3 Å². The van der Waals surface area contributed by atoms with Crippen LogP contribution in [0.3, 0.4) is 0 Å². The number of urea groups is 1. The first-order chi connectivity index (χ1) is 11.7. The molecule has 0 saturated carbocycles. The maximum absolute atomic E-state index is 12.1. The predicted octanol–water partition coefficient (Wildman–Crippen LogP) is 3.44. The molecule has 2 N–H and O–H groups in total. The van der Waals surface area contributed by atoms with E-state index in [0.29, 0.717) is 18.2 Å². The van der Waals surface area contributed by atoms with Gasteiger partial charge < -0.3 is 0 Å². The lowest BCUT2D eigenvalue weighted by Crippen LogP contribution is -2.20. The fourth-order valence-corrected chi connectivity index (χ4v) is 2.73. The van der Waals surface area contributed by atoms with Crippen LogP contribution in [0.5, 0.6) is 0 Å². The summed E-state index contributed by atoms with van der Waals surface area (Å²) in [6.07, 6.45) is 3.40. The molecule has 7 nitrogen and oxygen atoms in total. The van der Waals surface area contributed by atoms with Gasteiger partial charge in [-0.1, -0.05) is 6.07 Å². The fraction of sp³-hybridized carbons (Fsp3) is 0.0625. The van der Waals surface area contributed by atoms with Crippen molar-refractivity contribution in [2.24, 2.45) is 4.99 Å². The van der Waals surface area contributed by atoms with Gasteiger partial charge in [-0.3, -0.25) is 20.6 Å². The van der Waals surface area contributed by atoms with Crippen LogP contribution < -0.4 is 10.6 Å². The van der Waals surface area contributed by atoms with Gasteiger partial charge in [-0.25, -0.2) is 14.8 Å². The van der Waals surface area contributed by atoms with Crippen molar-refractivity contribution in [3.05, 3.63) is 53.8 Å². The molecule has 0 radical (unpaired) electrons. The van der Waals surface area contributed by atoms with Gasteiger partial charge in [0.1, 0.15) is 16.6 Å². The smallest absolute Gasteiger partial charge is 0.295 e. The van der Waals surface area contributed by atoms with Crippen molar-refractivity contribution in [1.82, 2.24) is 15.0 Å². The van der Waals surface area contributed by atoms with Gasteiger partial charge in [-0.2, -0.15) is 0 Å². The second-order valence-corrected chi connectivity index (χ2v) is 5.61. The lowest BCUT2D eigenvalue weighted by atomic mass is 10.3. The highest BCUT2D eigenvalue weighted by atomic mass is 32.1. The van der Waals surface area contributed by atoms with Crippen LogP contribution in [-0.4, -0.2) is 27.7 Å². The first-order valence-corrected chi connectivity index (χ1v) is 7.95. The Kier molecular flexibility index (Phi) is 4.87. The summed E-state index contributed by atoms with van der Waals surface area (Å²) >= 11 is 1.44. The van der Waals surface area contributed by atoms with E-state index in [2.05, 4.69) is 37.3 Å². The molecule has 0 saturated heterocycles. The molecule has 0 spiro atoms. The normalized spacial score (nSPS) is 10.2. The van der Waals surface area contributed by atoms with Crippen LogP contribution in [0, 0.1) is 0 Å². The number of nitrogens with zero attached hydrogens (tertiary/aromatic N) is 4. The zero-order valence-electron chi connectivity index (χ0n) is 12.6. The molecule has 3 heterocycles. The Morgan fingerprint density at radius 2 is 1.92 bits per heavy atom. The number of aliphatic imine (C=N–C) groups is 1. The van der Waals surface area contributed by atoms with Gasteiger partial charge in [0, 0.05) is 23.3 Å². The van der Waals surface area contributed by atoms with Gasteiger partial charge in [0.15, 0.2) is 0 Å². The number of rotatable bonds is 5. The van der Waals surface area contributed by atoms with Crippen LogP contribution in [0.25, 0.3) is 10.6 Å². The second-order valence-electron chi connectivity index (χ2n) is 4.75. The number of nitrogens with one attached hydrogen (secondary N) is 2. The summed E-state index contributed by atoms with van der Waals surface area (Å²) in [5.41, 5.74) is 1.69. The Morgan fingerprint density at radius 3 is 2.71 bits per heavy atom. The van der Waals surface area contributed by atoms with Gasteiger partial charge >= 0.3 is 6.03 Å². The number of hydrogen-bond acceptors (Lipinski definition) is 6. The SMILES string of the molecule is C=NCc1cccc(NC(=O)Nc2csc(-c3ccncc3)n2)n1. The minimum Gasteiger partial charge on any atom is -0.295 e. The van der Waals surface area contributed by atoms with Crippen LogP contribution in [0.4, 0.5) is 16.4 Å². The van der Waals surface area contributed by atoms with Crippen molar-refractivity contribution in [2.75, 3.05) is 10.6 Å². The van der Waals surface area contributed by atoms with Crippen LogP contribution in [0.1, 0.15) is 5.69 Å². The Labute approximate surface area is 142 Å². The number of thiazole rings is 1. The average Bonchev–Trinajstić information content (AvgIpc) is 3.04. The maximum Gasteiger partial charge on any atom is 0.326 e. The monoisotopic (exact) mass is 338 g/mol. The quantitative estimate of drug-likeness (QED) is 0.697. The van der Waals surface area contributed by atoms with Crippen molar-refractivity contribution < 1.29 is 4.79 Å². The van der Waals surface area contributed by atoms with E-state index in [4.69, 9.17) is 0 Å². The van der Waals surface area contributed by atoms with Crippen molar-refractivity contribution >= 4 is 35.7 Å². The molecule has 0 aliphatic rings. The third-order valence-corrected chi connectivity index (χ3v) is 3.89. The van der Waals surface area contributed by atoms with E-state index in [1.54, 1.807) is 29.9 Å². The molecule has 0 unspecified atom stereocenters. The van der Waals surface area contributed by atoms with Crippen molar-refractivity contribution in [3.63, 3.8) is 0 Å². The van der Waals surface area contributed by atoms with Crippen molar-refractivity contribution in [2.45, 2.75) is 6.54 Å². The molecular formula is C16H14N6OS. The van der Waals surface area contributed by atoms with Crippen LogP contribution in [-0.2, 0) is 6.54 Å². The molecule has 24 heavy (non-hydrogen) atoms. The predicted molar refractivity (Wildman–Crippen MR) is 95.5 cm³/mol. The number of anilines is 2. The molecule has 3 aromatic rings. The molecule has 0 bridgehead atoms. The van der Waals surface area contributed by atoms with E-state index in [9.17, 15) is 4.79 Å². The van der Waals surface area contributed by atoms with Gasteiger partial charge in [-0.05, 0) is 31.0 Å². The van der Waals surface area contributed by atoms with E-state index in [1.807, 2.05) is 18.2 Å². The Balaban J connectivity index is 1.64. The molecule has 3 aromatic heterocycles. The third kappa shape index (κ3) is 3.99. The standard InChI is InChI=1S/C16H14N6OS/c1-17-9-12-3-2-4-13(19-12)21-16(23)22-14-10-24-15(20-14)11-5-7-18-8-6-11/h2-8,10H,1,9H2,(H2,19,21,22,23). The van der Waals surface area contributed by atoms with Gasteiger partial charge in [0.2, 0.25) is 0 Å². The summed E-state index contributed by atoms with van der Waals surface area (Å²) in [7, 11) is 0. The summed E-state index contributed by atoms with van der Waals surface area (Å²) in [5, 5.41) is 7.95. The van der Waals surface area contributed by atoms with Crippen molar-refractivity contribution in [3.8, 4) is 10.6 Å². The largest absolute Gasteiger partial charge is 0.326 e. The van der Waals surface area contributed by atoms with Gasteiger partial charge in [-0.15, -0.1) is 11.3 Å². The summed E-state index contributed by atoms with van der Waals surface area (Å²) in [4.78, 5) is 28.4. The number of aromatic nitrogens is 3. The molecular weight excluding hydrogens is 324 g/mol. The topological polar surface area (TPSA) is 92.2 Å². The number of carbonyl (C=O) groups is 1. The molecule has 3 rings (SSSR count). The van der Waals surface area contributed by atoms with E-state index < -0.39 is 6.03 Å². The molecule has 0 aliphatic heterocycles. The van der Waals surface area contributed by atoms with E-state index >= 15 is 0 Å². The van der Waals surface area contributed by atoms with E-state index in [-0.39, 0.29) is 0 Å². The summed E-state index contributed by atoms with van der Waals surface area (Å²) in [6.45, 7) is 3.83. The minimum absolute atomic E-state index is 0.401. The third-order valence-electron chi connectivity index (χ3n) is 3.00.